The Morgan fingerprint density at radius 2 is 1.71 bits per heavy atom. The van der Waals surface area contributed by atoms with E-state index < -0.39 is 10.0 Å². The summed E-state index contributed by atoms with van der Waals surface area (Å²) in [5, 5.41) is 0. The average Bonchev–Trinajstić information content (AvgIpc) is 2.89. The maximum atomic E-state index is 13.8. The van der Waals surface area contributed by atoms with E-state index in [9.17, 15) is 8.42 Å². The van der Waals surface area contributed by atoms with Crippen LogP contribution >= 0.6 is 0 Å². The lowest BCUT2D eigenvalue weighted by atomic mass is 10.1. The SMILES string of the molecule is COc1ccc(S(=O)(=O)N(CCN2CCOCC2)c2ccccc2C=Cc2ccncc2)cc1. The molecule has 0 amide bonds. The molecular weight excluding hydrogens is 450 g/mol. The van der Waals surface area contributed by atoms with Crippen molar-refractivity contribution in [2.24, 2.45) is 0 Å². The fourth-order valence-electron chi connectivity index (χ4n) is 3.82. The second-order valence-electron chi connectivity index (χ2n) is 7.88. The fraction of sp³-hybridized carbons (Fsp3) is 0.269. The first-order valence-electron chi connectivity index (χ1n) is 11.2. The van der Waals surface area contributed by atoms with Crippen LogP contribution in [0.4, 0.5) is 5.69 Å². The van der Waals surface area contributed by atoms with Crippen LogP contribution in [0.25, 0.3) is 12.2 Å². The summed E-state index contributed by atoms with van der Waals surface area (Å²) in [6, 6.07) is 17.9. The zero-order valence-corrected chi connectivity index (χ0v) is 20.0. The second kappa shape index (κ2) is 11.3. The van der Waals surface area contributed by atoms with Crippen molar-refractivity contribution >= 4 is 27.9 Å². The van der Waals surface area contributed by atoms with Gasteiger partial charge in [-0.05, 0) is 53.6 Å². The summed E-state index contributed by atoms with van der Waals surface area (Å²) < 4.78 is 39.8. The number of nitrogens with zero attached hydrogens (tertiary/aromatic N) is 3. The van der Waals surface area contributed by atoms with Gasteiger partial charge in [0.05, 0.1) is 30.9 Å². The first-order valence-corrected chi connectivity index (χ1v) is 12.7. The molecule has 34 heavy (non-hydrogen) atoms. The molecule has 0 spiro atoms. The lowest BCUT2D eigenvalue weighted by Crippen LogP contribution is -2.43. The van der Waals surface area contributed by atoms with Gasteiger partial charge in [-0.25, -0.2) is 8.42 Å². The monoisotopic (exact) mass is 479 g/mol. The molecule has 178 valence electrons. The van der Waals surface area contributed by atoms with Crippen LogP contribution in [0.2, 0.25) is 0 Å². The minimum Gasteiger partial charge on any atom is -0.497 e. The summed E-state index contributed by atoms with van der Waals surface area (Å²) in [6.45, 7) is 3.85. The third kappa shape index (κ3) is 5.83. The fourth-order valence-corrected chi connectivity index (χ4v) is 5.30. The van der Waals surface area contributed by atoms with E-state index in [0.717, 1.165) is 24.2 Å². The number of hydrogen-bond donors (Lipinski definition) is 0. The van der Waals surface area contributed by atoms with Crippen LogP contribution in [-0.4, -0.2) is 64.8 Å². The molecule has 2 aromatic carbocycles. The van der Waals surface area contributed by atoms with Gasteiger partial charge in [0.2, 0.25) is 0 Å². The number of sulfonamides is 1. The van der Waals surface area contributed by atoms with E-state index in [4.69, 9.17) is 9.47 Å². The summed E-state index contributed by atoms with van der Waals surface area (Å²) in [4.78, 5) is 6.51. The van der Waals surface area contributed by atoms with Gasteiger partial charge < -0.3 is 9.47 Å². The molecule has 7 nitrogen and oxygen atoms in total. The highest BCUT2D eigenvalue weighted by Crippen LogP contribution is 2.29. The maximum absolute atomic E-state index is 13.8. The number of para-hydroxylation sites is 1. The number of anilines is 1. The molecular formula is C26H29N3O4S. The van der Waals surface area contributed by atoms with Crippen molar-refractivity contribution in [1.82, 2.24) is 9.88 Å². The van der Waals surface area contributed by atoms with Crippen molar-refractivity contribution in [1.29, 1.82) is 0 Å². The van der Waals surface area contributed by atoms with E-state index >= 15 is 0 Å². The van der Waals surface area contributed by atoms with Gasteiger partial charge in [0.25, 0.3) is 10.0 Å². The molecule has 2 heterocycles. The molecule has 4 rings (SSSR count). The minimum atomic E-state index is -3.81. The predicted molar refractivity (Wildman–Crippen MR) is 134 cm³/mol. The van der Waals surface area contributed by atoms with Gasteiger partial charge in [0.1, 0.15) is 5.75 Å². The van der Waals surface area contributed by atoms with Gasteiger partial charge in [-0.1, -0.05) is 30.4 Å². The molecule has 0 atom stereocenters. The van der Waals surface area contributed by atoms with E-state index in [1.165, 1.54) is 4.31 Å². The molecule has 8 heteroatoms. The summed E-state index contributed by atoms with van der Waals surface area (Å²) in [7, 11) is -2.25. The van der Waals surface area contributed by atoms with Gasteiger partial charge in [0.15, 0.2) is 0 Å². The van der Waals surface area contributed by atoms with Crippen molar-refractivity contribution in [2.45, 2.75) is 4.90 Å². The van der Waals surface area contributed by atoms with E-state index in [1.54, 1.807) is 43.8 Å². The van der Waals surface area contributed by atoms with Crippen LogP contribution in [-0.2, 0) is 14.8 Å². The van der Waals surface area contributed by atoms with E-state index in [2.05, 4.69) is 9.88 Å². The van der Waals surface area contributed by atoms with Crippen molar-refractivity contribution in [2.75, 3.05) is 50.8 Å². The molecule has 0 bridgehead atoms. The standard InChI is InChI=1S/C26H29N3O4S/c1-32-24-8-10-25(11-9-24)34(30,31)29(17-16-28-18-20-33-21-19-28)26-5-3-2-4-23(26)7-6-22-12-14-27-15-13-22/h2-15H,16-21H2,1H3. The number of benzene rings is 2. The Morgan fingerprint density at radius 3 is 2.41 bits per heavy atom. The Morgan fingerprint density at radius 1 is 1.00 bits per heavy atom. The van der Waals surface area contributed by atoms with Gasteiger partial charge in [-0.2, -0.15) is 0 Å². The Hall–Kier alpha value is -3.20. The van der Waals surface area contributed by atoms with Crippen molar-refractivity contribution in [3.63, 3.8) is 0 Å². The van der Waals surface area contributed by atoms with E-state index in [1.807, 2.05) is 48.6 Å². The number of hydrogen-bond acceptors (Lipinski definition) is 6. The molecule has 1 aromatic heterocycles. The van der Waals surface area contributed by atoms with Crippen LogP contribution in [0.15, 0.2) is 78.0 Å². The number of rotatable bonds is 9. The number of methoxy groups -OCH3 is 1. The molecule has 3 aromatic rings. The molecule has 0 unspecified atom stereocenters. The maximum Gasteiger partial charge on any atom is 0.264 e. The smallest absolute Gasteiger partial charge is 0.264 e. The van der Waals surface area contributed by atoms with Gasteiger partial charge in [-0.15, -0.1) is 0 Å². The topological polar surface area (TPSA) is 72.0 Å². The van der Waals surface area contributed by atoms with Gasteiger partial charge >= 0.3 is 0 Å². The zero-order valence-electron chi connectivity index (χ0n) is 19.2. The highest BCUT2D eigenvalue weighted by Gasteiger charge is 2.27. The largest absolute Gasteiger partial charge is 0.497 e. The lowest BCUT2D eigenvalue weighted by Gasteiger charge is -2.31. The first kappa shape index (κ1) is 23.9. The second-order valence-corrected chi connectivity index (χ2v) is 9.74. The van der Waals surface area contributed by atoms with Crippen LogP contribution in [0.3, 0.4) is 0 Å². The Balaban J connectivity index is 1.69. The zero-order chi connectivity index (χ0) is 23.8. The molecule has 1 aliphatic heterocycles. The molecule has 1 fully saturated rings. The summed E-state index contributed by atoms with van der Waals surface area (Å²) in [6.07, 6.45) is 7.36. The molecule has 0 radical (unpaired) electrons. The Kier molecular flexibility index (Phi) is 7.95. The molecule has 0 saturated carbocycles. The van der Waals surface area contributed by atoms with Crippen LogP contribution in [0.1, 0.15) is 11.1 Å². The average molecular weight is 480 g/mol. The predicted octanol–water partition coefficient (Wildman–Crippen LogP) is 3.79. The van der Waals surface area contributed by atoms with Gasteiger partial charge in [0, 0.05) is 38.6 Å². The van der Waals surface area contributed by atoms with Crippen molar-refractivity contribution in [3.8, 4) is 5.75 Å². The molecule has 0 N–H and O–H groups in total. The molecule has 0 aliphatic carbocycles. The number of ether oxygens (including phenoxy) is 2. The van der Waals surface area contributed by atoms with E-state index in [0.29, 0.717) is 37.7 Å². The quantitative estimate of drug-likeness (QED) is 0.465. The van der Waals surface area contributed by atoms with Crippen molar-refractivity contribution in [3.05, 3.63) is 84.2 Å². The normalized spacial score (nSPS) is 14.9. The highest BCUT2D eigenvalue weighted by molar-refractivity contribution is 7.92. The van der Waals surface area contributed by atoms with Crippen LogP contribution < -0.4 is 9.04 Å². The van der Waals surface area contributed by atoms with Crippen LogP contribution in [0.5, 0.6) is 5.75 Å². The third-order valence-electron chi connectivity index (χ3n) is 5.74. The van der Waals surface area contributed by atoms with Gasteiger partial charge in [-0.3, -0.25) is 14.2 Å². The third-order valence-corrected chi connectivity index (χ3v) is 7.56. The van der Waals surface area contributed by atoms with Crippen LogP contribution in [0, 0.1) is 0 Å². The Bertz CT molecular complexity index is 1190. The van der Waals surface area contributed by atoms with Crippen molar-refractivity contribution < 1.29 is 17.9 Å². The summed E-state index contributed by atoms with van der Waals surface area (Å²) >= 11 is 0. The summed E-state index contributed by atoms with van der Waals surface area (Å²) in [5.41, 5.74) is 2.44. The number of morpholine rings is 1. The number of pyridine rings is 1. The number of aromatic nitrogens is 1. The van der Waals surface area contributed by atoms with E-state index in [-0.39, 0.29) is 4.90 Å². The molecule has 1 aliphatic rings. The highest BCUT2D eigenvalue weighted by atomic mass is 32.2. The summed E-state index contributed by atoms with van der Waals surface area (Å²) in [5.74, 6) is 0.611. The first-order chi connectivity index (χ1) is 16.6. The molecule has 1 saturated heterocycles. The minimum absolute atomic E-state index is 0.225. The Labute approximate surface area is 201 Å². The lowest BCUT2D eigenvalue weighted by molar-refractivity contribution is 0.0395.